The van der Waals surface area contributed by atoms with Gasteiger partial charge in [0, 0.05) is 11.5 Å². The standard InChI is InChI=1S/C30H42O5/c1-28-14-11-22(35-27(32)19-5-3-4-6-19)17-21(28)8-9-25-24(28)12-15-29(2)23(13-16-30(25,29)33)20-7-10-26(31)34-18-20/h7,10,18-19,21-25,33H,3-6,8-9,11-17H2,1-2H3/t21-,22+,23-,24+,25-,28+,29-,30+/m1/s1. The molecule has 5 aliphatic rings. The maximum atomic E-state index is 12.7. The van der Waals surface area contributed by atoms with E-state index in [2.05, 4.69) is 13.8 Å². The van der Waals surface area contributed by atoms with Gasteiger partial charge in [0.15, 0.2) is 0 Å². The van der Waals surface area contributed by atoms with E-state index in [0.717, 1.165) is 89.0 Å². The van der Waals surface area contributed by atoms with Crippen molar-refractivity contribution < 1.29 is 19.1 Å². The van der Waals surface area contributed by atoms with Gasteiger partial charge < -0.3 is 14.3 Å². The van der Waals surface area contributed by atoms with Crippen LogP contribution < -0.4 is 5.63 Å². The number of ether oxygens (including phenoxy) is 1. The molecule has 5 nitrogen and oxygen atoms in total. The van der Waals surface area contributed by atoms with E-state index >= 15 is 0 Å². The highest BCUT2D eigenvalue weighted by Gasteiger charge is 2.67. The Balaban J connectivity index is 1.19. The van der Waals surface area contributed by atoms with Crippen LogP contribution in [0.3, 0.4) is 0 Å². The van der Waals surface area contributed by atoms with E-state index in [9.17, 15) is 14.7 Å². The molecule has 35 heavy (non-hydrogen) atoms. The van der Waals surface area contributed by atoms with Crippen LogP contribution in [-0.2, 0) is 9.53 Å². The quantitative estimate of drug-likeness (QED) is 0.536. The van der Waals surface area contributed by atoms with Crippen LogP contribution in [0, 0.1) is 34.5 Å². The van der Waals surface area contributed by atoms with Crippen LogP contribution in [0.25, 0.3) is 0 Å². The Morgan fingerprint density at radius 2 is 1.77 bits per heavy atom. The molecule has 192 valence electrons. The minimum Gasteiger partial charge on any atom is -0.462 e. The van der Waals surface area contributed by atoms with Gasteiger partial charge in [0.1, 0.15) is 6.10 Å². The number of carbonyl (C=O) groups excluding carboxylic acids is 1. The smallest absolute Gasteiger partial charge is 0.335 e. The van der Waals surface area contributed by atoms with E-state index in [1.165, 1.54) is 6.07 Å². The van der Waals surface area contributed by atoms with Crippen LogP contribution in [0.4, 0.5) is 0 Å². The average Bonchev–Trinajstić information content (AvgIpc) is 3.47. The lowest BCUT2D eigenvalue weighted by Gasteiger charge is -2.63. The van der Waals surface area contributed by atoms with Crippen LogP contribution in [-0.4, -0.2) is 22.8 Å². The highest BCUT2D eigenvalue weighted by molar-refractivity contribution is 5.72. The first-order chi connectivity index (χ1) is 16.7. The van der Waals surface area contributed by atoms with E-state index in [1.54, 1.807) is 6.26 Å². The average molecular weight is 483 g/mol. The van der Waals surface area contributed by atoms with Crippen molar-refractivity contribution in [2.45, 2.75) is 115 Å². The van der Waals surface area contributed by atoms with E-state index in [4.69, 9.17) is 9.15 Å². The number of esters is 1. The van der Waals surface area contributed by atoms with E-state index in [-0.39, 0.29) is 40.4 Å². The zero-order valence-electron chi connectivity index (χ0n) is 21.5. The molecule has 5 heteroatoms. The molecule has 1 aromatic heterocycles. The summed E-state index contributed by atoms with van der Waals surface area (Å²) in [5.41, 5.74) is 0.105. The van der Waals surface area contributed by atoms with Gasteiger partial charge in [-0.25, -0.2) is 4.79 Å². The van der Waals surface area contributed by atoms with Crippen LogP contribution in [0.15, 0.2) is 27.6 Å². The molecule has 1 N–H and O–H groups in total. The third-order valence-electron chi connectivity index (χ3n) is 11.9. The maximum absolute atomic E-state index is 12.7. The zero-order valence-corrected chi connectivity index (χ0v) is 21.5. The maximum Gasteiger partial charge on any atom is 0.335 e. The summed E-state index contributed by atoms with van der Waals surface area (Å²) in [7, 11) is 0. The summed E-state index contributed by atoms with van der Waals surface area (Å²) in [4.78, 5) is 24.2. The summed E-state index contributed by atoms with van der Waals surface area (Å²) < 4.78 is 11.3. The van der Waals surface area contributed by atoms with Crippen molar-refractivity contribution >= 4 is 5.97 Å². The predicted molar refractivity (Wildman–Crippen MR) is 133 cm³/mol. The Labute approximate surface area is 209 Å². The van der Waals surface area contributed by atoms with E-state index in [0.29, 0.717) is 17.8 Å². The summed E-state index contributed by atoms with van der Waals surface area (Å²) in [6.07, 6.45) is 15.2. The molecule has 0 aromatic carbocycles. The normalized spacial score (nSPS) is 45.4. The largest absolute Gasteiger partial charge is 0.462 e. The third kappa shape index (κ3) is 3.58. The molecule has 0 radical (unpaired) electrons. The van der Waals surface area contributed by atoms with Crippen LogP contribution in [0.2, 0.25) is 0 Å². The van der Waals surface area contributed by atoms with Crippen molar-refractivity contribution in [1.29, 1.82) is 0 Å². The molecule has 6 rings (SSSR count). The van der Waals surface area contributed by atoms with Crippen molar-refractivity contribution in [2.75, 3.05) is 0 Å². The Morgan fingerprint density at radius 3 is 2.51 bits per heavy atom. The Kier molecular flexibility index (Phi) is 5.75. The fraction of sp³-hybridized carbons (Fsp3) is 0.800. The molecule has 0 saturated heterocycles. The molecule has 0 bridgehead atoms. The number of rotatable bonds is 3. The molecular formula is C30H42O5. The minimum absolute atomic E-state index is 0.0567. The topological polar surface area (TPSA) is 76.7 Å². The van der Waals surface area contributed by atoms with Gasteiger partial charge in [0.2, 0.25) is 0 Å². The van der Waals surface area contributed by atoms with Crippen molar-refractivity contribution in [1.82, 2.24) is 0 Å². The van der Waals surface area contributed by atoms with Crippen LogP contribution in [0.5, 0.6) is 0 Å². The first-order valence-electron chi connectivity index (χ1n) is 14.3. The summed E-state index contributed by atoms with van der Waals surface area (Å²) >= 11 is 0. The van der Waals surface area contributed by atoms with Gasteiger partial charge in [0.05, 0.1) is 17.8 Å². The molecule has 5 fully saturated rings. The first kappa shape index (κ1) is 23.8. The summed E-state index contributed by atoms with van der Waals surface area (Å²) in [5.74, 6) is 1.85. The molecule has 5 aliphatic carbocycles. The first-order valence-corrected chi connectivity index (χ1v) is 14.3. The second-order valence-electron chi connectivity index (χ2n) is 13.2. The molecule has 5 saturated carbocycles. The van der Waals surface area contributed by atoms with E-state index in [1.807, 2.05) is 6.07 Å². The lowest BCUT2D eigenvalue weighted by atomic mass is 9.43. The van der Waals surface area contributed by atoms with Gasteiger partial charge in [-0.15, -0.1) is 0 Å². The molecule has 0 unspecified atom stereocenters. The summed E-state index contributed by atoms with van der Waals surface area (Å²) in [5, 5.41) is 12.4. The van der Waals surface area contributed by atoms with Gasteiger partial charge in [0.25, 0.3) is 0 Å². The third-order valence-corrected chi connectivity index (χ3v) is 11.9. The number of hydrogen-bond acceptors (Lipinski definition) is 5. The highest BCUT2D eigenvalue weighted by Crippen LogP contribution is 2.70. The van der Waals surface area contributed by atoms with Crippen LogP contribution >= 0.6 is 0 Å². The fourth-order valence-corrected chi connectivity index (χ4v) is 9.82. The monoisotopic (exact) mass is 482 g/mol. The molecule has 0 aliphatic heterocycles. The Hall–Kier alpha value is -1.62. The van der Waals surface area contributed by atoms with Crippen LogP contribution in [0.1, 0.15) is 109 Å². The van der Waals surface area contributed by atoms with Crippen molar-refractivity contribution in [3.8, 4) is 0 Å². The second kappa shape index (κ2) is 8.46. The number of aliphatic hydroxyl groups is 1. The number of fused-ring (bicyclic) bond motifs is 5. The Bertz CT molecular complexity index is 1010. The van der Waals surface area contributed by atoms with Gasteiger partial charge >= 0.3 is 11.6 Å². The summed E-state index contributed by atoms with van der Waals surface area (Å²) in [6.45, 7) is 4.77. The lowest BCUT2D eigenvalue weighted by molar-refractivity contribution is -0.208. The van der Waals surface area contributed by atoms with Crippen molar-refractivity contribution in [3.05, 3.63) is 34.4 Å². The van der Waals surface area contributed by atoms with Gasteiger partial charge in [-0.3, -0.25) is 4.79 Å². The predicted octanol–water partition coefficient (Wildman–Crippen LogP) is 5.98. The fourth-order valence-electron chi connectivity index (χ4n) is 9.82. The van der Waals surface area contributed by atoms with Gasteiger partial charge in [-0.2, -0.15) is 0 Å². The summed E-state index contributed by atoms with van der Waals surface area (Å²) in [6, 6.07) is 3.43. The van der Waals surface area contributed by atoms with Crippen molar-refractivity contribution in [2.24, 2.45) is 34.5 Å². The van der Waals surface area contributed by atoms with Gasteiger partial charge in [-0.1, -0.05) is 26.7 Å². The van der Waals surface area contributed by atoms with E-state index < -0.39 is 5.60 Å². The lowest BCUT2D eigenvalue weighted by Crippen LogP contribution is -2.62. The highest BCUT2D eigenvalue weighted by atomic mass is 16.5. The molecule has 8 atom stereocenters. The van der Waals surface area contributed by atoms with Crippen molar-refractivity contribution in [3.63, 3.8) is 0 Å². The molecule has 0 amide bonds. The molecule has 1 heterocycles. The molecule has 1 aromatic rings. The van der Waals surface area contributed by atoms with Gasteiger partial charge in [-0.05, 0) is 111 Å². The zero-order chi connectivity index (χ0) is 24.4. The molecular weight excluding hydrogens is 440 g/mol. The Morgan fingerprint density at radius 1 is 0.971 bits per heavy atom. The second-order valence-corrected chi connectivity index (χ2v) is 13.2. The number of carbonyl (C=O) groups is 1. The molecule has 0 spiro atoms. The minimum atomic E-state index is -0.670. The SMILES string of the molecule is C[C@]12CC[C@H](OC(=O)C3CCCC3)C[C@H]1CC[C@@H]1[C@@H]2CC[C@]2(C)[C@@H](c3ccc(=O)oc3)CC[C@]12O. The number of hydrogen-bond donors (Lipinski definition) is 1.